The van der Waals surface area contributed by atoms with Crippen LogP contribution < -0.4 is 5.32 Å². The number of carboxylic acid groups (broad SMARTS) is 1. The second kappa shape index (κ2) is 7.10. The SMILES string of the molecule is Cc1sc2ncnc(Nc3ccc(O)c(C(=O)O)c3)c2c1-c1ccc(Cl)cc1. The van der Waals surface area contributed by atoms with Crippen molar-refractivity contribution in [2.75, 3.05) is 5.32 Å². The van der Waals surface area contributed by atoms with E-state index in [4.69, 9.17) is 11.6 Å². The van der Waals surface area contributed by atoms with Crippen LogP contribution >= 0.6 is 22.9 Å². The molecule has 4 aromatic rings. The summed E-state index contributed by atoms with van der Waals surface area (Å²) >= 11 is 7.57. The van der Waals surface area contributed by atoms with Crippen LogP contribution in [0.2, 0.25) is 5.02 Å². The first-order valence-electron chi connectivity index (χ1n) is 8.27. The number of anilines is 2. The molecule has 0 saturated heterocycles. The lowest BCUT2D eigenvalue weighted by atomic mass is 10.0. The zero-order valence-corrected chi connectivity index (χ0v) is 16.2. The lowest BCUT2D eigenvalue weighted by Gasteiger charge is -2.10. The van der Waals surface area contributed by atoms with Gasteiger partial charge in [-0.1, -0.05) is 23.7 Å². The van der Waals surface area contributed by atoms with Crippen LogP contribution in [0.3, 0.4) is 0 Å². The summed E-state index contributed by atoms with van der Waals surface area (Å²) < 4.78 is 0. The number of nitrogens with one attached hydrogen (secondary N) is 1. The fourth-order valence-electron chi connectivity index (χ4n) is 3.02. The molecular formula is C20H14ClN3O3S. The molecule has 2 heterocycles. The lowest BCUT2D eigenvalue weighted by Crippen LogP contribution is -2.00. The average Bonchev–Trinajstić information content (AvgIpc) is 3.00. The summed E-state index contributed by atoms with van der Waals surface area (Å²) in [5, 5.41) is 23.6. The first-order valence-corrected chi connectivity index (χ1v) is 9.47. The molecule has 0 saturated carbocycles. The number of carbonyl (C=O) groups is 1. The van der Waals surface area contributed by atoms with E-state index in [0.717, 1.165) is 26.2 Å². The molecule has 2 aromatic heterocycles. The fraction of sp³-hybridized carbons (Fsp3) is 0.0500. The summed E-state index contributed by atoms with van der Waals surface area (Å²) in [5.41, 5.74) is 2.30. The number of thiophene rings is 1. The lowest BCUT2D eigenvalue weighted by molar-refractivity contribution is 0.0694. The molecule has 0 aliphatic rings. The van der Waals surface area contributed by atoms with Crippen LogP contribution in [0.1, 0.15) is 15.2 Å². The van der Waals surface area contributed by atoms with E-state index < -0.39 is 5.97 Å². The maximum Gasteiger partial charge on any atom is 0.339 e. The number of rotatable bonds is 4. The number of fused-ring (bicyclic) bond motifs is 1. The van der Waals surface area contributed by atoms with Crippen LogP contribution in [0.5, 0.6) is 5.75 Å². The van der Waals surface area contributed by atoms with Crippen LogP contribution in [0, 0.1) is 6.92 Å². The van der Waals surface area contributed by atoms with E-state index in [1.807, 2.05) is 31.2 Å². The summed E-state index contributed by atoms with van der Waals surface area (Å²) in [6.07, 6.45) is 1.46. The molecule has 0 atom stereocenters. The summed E-state index contributed by atoms with van der Waals surface area (Å²) in [6.45, 7) is 2.02. The molecule has 0 radical (unpaired) electrons. The second-order valence-corrected chi connectivity index (χ2v) is 7.74. The highest BCUT2D eigenvalue weighted by atomic mass is 35.5. The number of aromatic nitrogens is 2. The highest BCUT2D eigenvalue weighted by Crippen LogP contribution is 2.41. The van der Waals surface area contributed by atoms with Crippen molar-refractivity contribution in [1.29, 1.82) is 0 Å². The first kappa shape index (κ1) is 18.2. The highest BCUT2D eigenvalue weighted by Gasteiger charge is 2.18. The summed E-state index contributed by atoms with van der Waals surface area (Å²) in [6, 6.07) is 11.8. The Kier molecular flexibility index (Phi) is 4.62. The highest BCUT2D eigenvalue weighted by molar-refractivity contribution is 7.19. The van der Waals surface area contributed by atoms with E-state index in [0.29, 0.717) is 16.5 Å². The van der Waals surface area contributed by atoms with Crippen LogP contribution in [0.15, 0.2) is 48.8 Å². The molecule has 0 amide bonds. The number of carboxylic acids is 1. The van der Waals surface area contributed by atoms with Crippen molar-refractivity contribution in [2.45, 2.75) is 6.92 Å². The van der Waals surface area contributed by atoms with Crippen LogP contribution in [0.4, 0.5) is 11.5 Å². The van der Waals surface area contributed by atoms with E-state index in [1.54, 1.807) is 17.4 Å². The quantitative estimate of drug-likeness (QED) is 0.385. The molecule has 2 aromatic carbocycles. The maximum absolute atomic E-state index is 11.3. The van der Waals surface area contributed by atoms with Crippen molar-refractivity contribution in [3.8, 4) is 16.9 Å². The molecule has 0 unspecified atom stereocenters. The van der Waals surface area contributed by atoms with Crippen molar-refractivity contribution >= 4 is 50.6 Å². The number of benzene rings is 2. The predicted molar refractivity (Wildman–Crippen MR) is 111 cm³/mol. The first-order chi connectivity index (χ1) is 13.4. The van der Waals surface area contributed by atoms with Gasteiger partial charge in [0.25, 0.3) is 0 Å². The van der Waals surface area contributed by atoms with Gasteiger partial charge in [-0.3, -0.25) is 0 Å². The molecule has 6 nitrogen and oxygen atoms in total. The van der Waals surface area contributed by atoms with Gasteiger partial charge in [0.1, 0.15) is 28.3 Å². The Morgan fingerprint density at radius 3 is 2.61 bits per heavy atom. The molecule has 0 fully saturated rings. The van der Waals surface area contributed by atoms with Crippen LogP contribution in [-0.2, 0) is 0 Å². The van der Waals surface area contributed by atoms with Gasteiger partial charge in [0.2, 0.25) is 0 Å². The molecule has 4 rings (SSSR count). The molecule has 0 aliphatic carbocycles. The minimum atomic E-state index is -1.21. The number of aromatic hydroxyl groups is 1. The average molecular weight is 412 g/mol. The molecule has 0 aliphatic heterocycles. The number of aryl methyl sites for hydroxylation is 1. The molecule has 0 spiro atoms. The Hall–Kier alpha value is -3.16. The number of nitrogens with zero attached hydrogens (tertiary/aromatic N) is 2. The molecule has 140 valence electrons. The number of phenols is 1. The molecule has 0 bridgehead atoms. The third kappa shape index (κ3) is 3.26. The minimum Gasteiger partial charge on any atom is -0.507 e. The Labute approximate surface area is 169 Å². The Morgan fingerprint density at radius 2 is 1.89 bits per heavy atom. The van der Waals surface area contributed by atoms with Gasteiger partial charge in [-0.25, -0.2) is 14.8 Å². The van der Waals surface area contributed by atoms with E-state index in [2.05, 4.69) is 15.3 Å². The van der Waals surface area contributed by atoms with E-state index in [1.165, 1.54) is 18.5 Å². The van der Waals surface area contributed by atoms with Gasteiger partial charge in [-0.05, 0) is 42.8 Å². The predicted octanol–water partition coefficient (Wildman–Crippen LogP) is 5.47. The van der Waals surface area contributed by atoms with Gasteiger partial charge >= 0.3 is 5.97 Å². The molecular weight excluding hydrogens is 398 g/mol. The van der Waals surface area contributed by atoms with Crippen molar-refractivity contribution in [3.63, 3.8) is 0 Å². The van der Waals surface area contributed by atoms with E-state index in [-0.39, 0.29) is 11.3 Å². The zero-order chi connectivity index (χ0) is 19.8. The van der Waals surface area contributed by atoms with Gasteiger partial charge < -0.3 is 15.5 Å². The zero-order valence-electron chi connectivity index (χ0n) is 14.6. The number of halogens is 1. The third-order valence-electron chi connectivity index (χ3n) is 4.29. The minimum absolute atomic E-state index is 0.185. The largest absolute Gasteiger partial charge is 0.507 e. The van der Waals surface area contributed by atoms with Gasteiger partial charge in [0.15, 0.2) is 0 Å². The second-order valence-electron chi connectivity index (χ2n) is 6.10. The Bertz CT molecular complexity index is 1210. The van der Waals surface area contributed by atoms with Gasteiger partial charge in [0.05, 0.1) is 5.39 Å². The summed E-state index contributed by atoms with van der Waals surface area (Å²) in [4.78, 5) is 21.9. The van der Waals surface area contributed by atoms with Gasteiger partial charge in [-0.15, -0.1) is 11.3 Å². The number of hydrogen-bond acceptors (Lipinski definition) is 6. The normalized spacial score (nSPS) is 10.9. The van der Waals surface area contributed by atoms with E-state index in [9.17, 15) is 15.0 Å². The van der Waals surface area contributed by atoms with Crippen molar-refractivity contribution in [3.05, 3.63) is 64.3 Å². The maximum atomic E-state index is 11.3. The standard InChI is InChI=1S/C20H14ClN3O3S/c1-10-16(11-2-4-12(21)5-3-11)17-18(22-9-23-19(17)28-10)24-13-6-7-15(25)14(8-13)20(26)27/h2-9,25H,1H3,(H,26,27)(H,22,23,24). The van der Waals surface area contributed by atoms with Crippen LogP contribution in [-0.4, -0.2) is 26.2 Å². The molecule has 28 heavy (non-hydrogen) atoms. The topological polar surface area (TPSA) is 95.3 Å². The molecule has 8 heteroatoms. The van der Waals surface area contributed by atoms with Crippen molar-refractivity contribution in [2.24, 2.45) is 0 Å². The molecule has 3 N–H and O–H groups in total. The third-order valence-corrected chi connectivity index (χ3v) is 5.55. The number of hydrogen-bond donors (Lipinski definition) is 3. The van der Waals surface area contributed by atoms with Gasteiger partial charge in [-0.2, -0.15) is 0 Å². The summed E-state index contributed by atoms with van der Waals surface area (Å²) in [5.74, 6) is -0.942. The van der Waals surface area contributed by atoms with E-state index >= 15 is 0 Å². The van der Waals surface area contributed by atoms with Crippen molar-refractivity contribution in [1.82, 2.24) is 9.97 Å². The Balaban J connectivity index is 1.85. The monoisotopic (exact) mass is 411 g/mol. The van der Waals surface area contributed by atoms with Gasteiger partial charge in [0, 0.05) is 21.2 Å². The van der Waals surface area contributed by atoms with Crippen LogP contribution in [0.25, 0.3) is 21.3 Å². The fourth-order valence-corrected chi connectivity index (χ4v) is 4.16. The smallest absolute Gasteiger partial charge is 0.339 e. The van der Waals surface area contributed by atoms with Crippen molar-refractivity contribution < 1.29 is 15.0 Å². The Morgan fingerprint density at radius 1 is 1.14 bits per heavy atom. The summed E-state index contributed by atoms with van der Waals surface area (Å²) in [7, 11) is 0. The number of aromatic carboxylic acids is 1.